The van der Waals surface area contributed by atoms with Crippen molar-refractivity contribution in [3.8, 4) is 5.69 Å². The molecule has 34 heavy (non-hydrogen) atoms. The van der Waals surface area contributed by atoms with Crippen LogP contribution in [-0.4, -0.2) is 40.3 Å². The zero-order valence-electron chi connectivity index (χ0n) is 19.8. The van der Waals surface area contributed by atoms with Crippen LogP contribution in [0.3, 0.4) is 0 Å². The molecule has 0 aliphatic carbocycles. The van der Waals surface area contributed by atoms with Gasteiger partial charge in [-0.15, -0.1) is 0 Å². The lowest BCUT2D eigenvalue weighted by atomic mass is 9.72. The fourth-order valence-electron chi connectivity index (χ4n) is 4.87. The van der Waals surface area contributed by atoms with Gasteiger partial charge in [0.2, 0.25) is 11.8 Å². The number of amides is 3. The van der Waals surface area contributed by atoms with Crippen LogP contribution < -0.4 is 10.9 Å². The third-order valence-corrected chi connectivity index (χ3v) is 6.80. The van der Waals surface area contributed by atoms with Crippen LogP contribution in [0, 0.1) is 13.8 Å². The van der Waals surface area contributed by atoms with E-state index in [1.54, 1.807) is 11.8 Å². The minimum absolute atomic E-state index is 0.00384. The molecule has 176 valence electrons. The van der Waals surface area contributed by atoms with E-state index in [0.29, 0.717) is 31.5 Å². The summed E-state index contributed by atoms with van der Waals surface area (Å²) in [7, 11) is 0. The number of aryl methyl sites for hydroxylation is 1. The first kappa shape index (κ1) is 23.3. The van der Waals surface area contributed by atoms with Gasteiger partial charge in [-0.3, -0.25) is 25.2 Å². The second-order valence-electron chi connectivity index (χ2n) is 8.82. The number of carbonyl (C=O) groups excluding carboxylic acids is 3. The predicted molar refractivity (Wildman–Crippen MR) is 130 cm³/mol. The summed E-state index contributed by atoms with van der Waals surface area (Å²) in [4.78, 5) is 40.1. The Bertz CT molecular complexity index is 1190. The number of nitrogens with one attached hydrogen (secondary N) is 2. The summed E-state index contributed by atoms with van der Waals surface area (Å²) >= 11 is 0. The van der Waals surface area contributed by atoms with Crippen molar-refractivity contribution in [1.29, 1.82) is 0 Å². The highest BCUT2D eigenvalue weighted by atomic mass is 16.2. The van der Waals surface area contributed by atoms with Gasteiger partial charge in [-0.2, -0.15) is 0 Å². The van der Waals surface area contributed by atoms with Gasteiger partial charge < -0.3 is 9.47 Å². The molecule has 0 saturated carbocycles. The lowest BCUT2D eigenvalue weighted by Crippen LogP contribution is -2.56. The molecule has 2 N–H and O–H groups in total. The number of hydrazine groups is 1. The number of hydrogen-bond acceptors (Lipinski definition) is 3. The average molecular weight is 459 g/mol. The van der Waals surface area contributed by atoms with E-state index in [-0.39, 0.29) is 17.7 Å². The minimum Gasteiger partial charge on any atom is -0.343 e. The lowest BCUT2D eigenvalue weighted by molar-refractivity contribution is -0.135. The number of para-hydroxylation sites is 1. The molecule has 7 nitrogen and oxygen atoms in total. The van der Waals surface area contributed by atoms with Crippen molar-refractivity contribution >= 4 is 17.7 Å². The first-order valence-electron chi connectivity index (χ1n) is 11.5. The third-order valence-electron chi connectivity index (χ3n) is 6.80. The van der Waals surface area contributed by atoms with E-state index in [4.69, 9.17) is 0 Å². The number of likely N-dealkylation sites (tertiary alicyclic amines) is 1. The van der Waals surface area contributed by atoms with Gasteiger partial charge in [-0.1, -0.05) is 48.5 Å². The highest BCUT2D eigenvalue weighted by molar-refractivity contribution is 5.98. The van der Waals surface area contributed by atoms with Gasteiger partial charge in [-0.05, 0) is 50.5 Å². The first-order chi connectivity index (χ1) is 16.3. The normalized spacial score (nSPS) is 15.0. The molecule has 0 unspecified atom stereocenters. The van der Waals surface area contributed by atoms with E-state index in [0.717, 1.165) is 22.6 Å². The number of piperidine rings is 1. The SMILES string of the molecule is CC(=O)N1CCC(C(=O)NNC(=O)c2cc(C)n(-c3ccccc3)c2C)(c2ccccc2)CC1. The minimum atomic E-state index is -0.818. The molecule has 2 aromatic carbocycles. The molecule has 0 spiro atoms. The van der Waals surface area contributed by atoms with Crippen LogP contribution in [0.1, 0.15) is 47.1 Å². The zero-order valence-corrected chi connectivity index (χ0v) is 19.8. The largest absolute Gasteiger partial charge is 0.343 e. The molecule has 0 atom stereocenters. The first-order valence-corrected chi connectivity index (χ1v) is 11.5. The Kier molecular flexibility index (Phi) is 6.54. The number of carbonyl (C=O) groups is 3. The van der Waals surface area contributed by atoms with Gasteiger partial charge in [0.1, 0.15) is 0 Å². The molecule has 0 bridgehead atoms. The van der Waals surface area contributed by atoms with Gasteiger partial charge in [-0.25, -0.2) is 0 Å². The standard InChI is InChI=1S/C27H30N4O3/c1-19-18-24(20(2)31(19)23-12-8-5-9-13-23)25(33)28-29-26(34)27(22-10-6-4-7-11-22)14-16-30(17-15-27)21(3)32/h4-13,18H,14-17H2,1-3H3,(H,28,33)(H,29,34). The van der Waals surface area contributed by atoms with Gasteiger partial charge in [0.25, 0.3) is 5.91 Å². The molecule has 4 rings (SSSR count). The molecule has 3 aromatic rings. The molecular formula is C27H30N4O3. The van der Waals surface area contributed by atoms with Gasteiger partial charge >= 0.3 is 0 Å². The highest BCUT2D eigenvalue weighted by Gasteiger charge is 2.43. The van der Waals surface area contributed by atoms with E-state index in [9.17, 15) is 14.4 Å². The van der Waals surface area contributed by atoms with Crippen LogP contribution in [0.5, 0.6) is 0 Å². The number of rotatable bonds is 4. The summed E-state index contributed by atoms with van der Waals surface area (Å²) in [6.07, 6.45) is 0.974. The van der Waals surface area contributed by atoms with E-state index in [1.807, 2.05) is 85.1 Å². The maximum atomic E-state index is 13.5. The molecule has 1 saturated heterocycles. The van der Waals surface area contributed by atoms with Gasteiger partial charge in [0.15, 0.2) is 0 Å². The molecule has 1 aliphatic rings. The van der Waals surface area contributed by atoms with Crippen molar-refractivity contribution in [3.63, 3.8) is 0 Å². The van der Waals surface area contributed by atoms with Crippen LogP contribution in [0.2, 0.25) is 0 Å². The number of hydrogen-bond donors (Lipinski definition) is 2. The summed E-state index contributed by atoms with van der Waals surface area (Å²) in [5, 5.41) is 0. The summed E-state index contributed by atoms with van der Waals surface area (Å²) in [6.45, 7) is 6.36. The van der Waals surface area contributed by atoms with Crippen LogP contribution in [0.25, 0.3) is 5.69 Å². The van der Waals surface area contributed by atoms with Crippen LogP contribution in [-0.2, 0) is 15.0 Å². The Morgan fingerprint density at radius 1 is 0.853 bits per heavy atom. The lowest BCUT2D eigenvalue weighted by Gasteiger charge is -2.40. The Morgan fingerprint density at radius 3 is 2.03 bits per heavy atom. The number of aromatic nitrogens is 1. The highest BCUT2D eigenvalue weighted by Crippen LogP contribution is 2.36. The average Bonchev–Trinajstić information content (AvgIpc) is 3.17. The molecule has 1 aromatic heterocycles. The fraction of sp³-hybridized carbons (Fsp3) is 0.296. The van der Waals surface area contributed by atoms with Crippen molar-refractivity contribution in [1.82, 2.24) is 20.3 Å². The van der Waals surface area contributed by atoms with E-state index < -0.39 is 5.41 Å². The second kappa shape index (κ2) is 9.55. The number of nitrogens with zero attached hydrogens (tertiary/aromatic N) is 2. The molecular weight excluding hydrogens is 428 g/mol. The third kappa shape index (κ3) is 4.33. The van der Waals surface area contributed by atoms with Gasteiger partial charge in [0, 0.05) is 37.1 Å². The summed E-state index contributed by atoms with van der Waals surface area (Å²) in [6, 6.07) is 21.2. The molecule has 0 radical (unpaired) electrons. The predicted octanol–water partition coefficient (Wildman–Crippen LogP) is 3.44. The smallest absolute Gasteiger partial charge is 0.271 e. The van der Waals surface area contributed by atoms with E-state index >= 15 is 0 Å². The van der Waals surface area contributed by atoms with Gasteiger partial charge in [0.05, 0.1) is 11.0 Å². The van der Waals surface area contributed by atoms with Crippen LogP contribution in [0.4, 0.5) is 0 Å². The maximum absolute atomic E-state index is 13.5. The Balaban J connectivity index is 1.53. The molecule has 1 aliphatic heterocycles. The summed E-state index contributed by atoms with van der Waals surface area (Å²) < 4.78 is 2.01. The molecule has 3 amide bonds. The Hall–Kier alpha value is -3.87. The number of benzene rings is 2. The fourth-order valence-corrected chi connectivity index (χ4v) is 4.87. The zero-order chi connectivity index (χ0) is 24.3. The second-order valence-corrected chi connectivity index (χ2v) is 8.82. The molecule has 2 heterocycles. The monoisotopic (exact) mass is 458 g/mol. The van der Waals surface area contributed by atoms with Crippen molar-refractivity contribution in [2.45, 2.75) is 39.0 Å². The molecule has 7 heteroatoms. The van der Waals surface area contributed by atoms with Crippen molar-refractivity contribution < 1.29 is 14.4 Å². The van der Waals surface area contributed by atoms with E-state index in [2.05, 4.69) is 10.9 Å². The Morgan fingerprint density at radius 2 is 1.44 bits per heavy atom. The van der Waals surface area contributed by atoms with Crippen molar-refractivity contribution in [3.05, 3.63) is 89.2 Å². The summed E-state index contributed by atoms with van der Waals surface area (Å²) in [5.41, 5.74) is 8.56. The quantitative estimate of drug-likeness (QED) is 0.588. The summed E-state index contributed by atoms with van der Waals surface area (Å²) in [5.74, 6) is -0.635. The Labute approximate surface area is 199 Å². The van der Waals surface area contributed by atoms with Crippen LogP contribution >= 0.6 is 0 Å². The van der Waals surface area contributed by atoms with Crippen molar-refractivity contribution in [2.75, 3.05) is 13.1 Å². The topological polar surface area (TPSA) is 83.4 Å². The van der Waals surface area contributed by atoms with Crippen molar-refractivity contribution in [2.24, 2.45) is 0 Å². The van der Waals surface area contributed by atoms with Crippen LogP contribution in [0.15, 0.2) is 66.7 Å². The van der Waals surface area contributed by atoms with E-state index in [1.165, 1.54) is 0 Å². The maximum Gasteiger partial charge on any atom is 0.271 e. The molecule has 1 fully saturated rings.